The number of benzene rings is 2. The van der Waals surface area contributed by atoms with Crippen LogP contribution in [0.4, 0.5) is 5.69 Å². The minimum absolute atomic E-state index is 0.0402. The number of aryl methyl sites for hydroxylation is 2. The number of nitrogens with zero attached hydrogens (tertiary/aromatic N) is 1. The standard InChI is InChI=1S/C23H26N2O2/c1-16-11-17(2)13-22(12-16)27-21-9-5-18(6-10-21)14-23(26)25-20-7-3-19(15-24)4-8-20/h3-4,7-8,11-13,18,21H,5-6,9-10,14H2,1-2H3,(H,25,26)/t18-,21+. The third kappa shape index (κ3) is 5.59. The van der Waals surface area contributed by atoms with Crippen molar-refractivity contribution in [3.05, 3.63) is 59.2 Å². The van der Waals surface area contributed by atoms with Crippen LogP contribution in [0.25, 0.3) is 0 Å². The van der Waals surface area contributed by atoms with Crippen molar-refractivity contribution in [2.75, 3.05) is 5.32 Å². The molecule has 1 fully saturated rings. The fraction of sp³-hybridized carbons (Fsp3) is 0.391. The first-order valence-corrected chi connectivity index (χ1v) is 9.57. The Balaban J connectivity index is 1.44. The van der Waals surface area contributed by atoms with Crippen molar-refractivity contribution in [2.45, 2.75) is 52.1 Å². The fourth-order valence-corrected chi connectivity index (χ4v) is 3.75. The number of nitrogens with one attached hydrogen (secondary N) is 1. The van der Waals surface area contributed by atoms with Crippen molar-refractivity contribution in [2.24, 2.45) is 5.92 Å². The predicted octanol–water partition coefficient (Wildman–Crippen LogP) is 5.14. The highest BCUT2D eigenvalue weighted by molar-refractivity contribution is 5.90. The van der Waals surface area contributed by atoms with Crippen molar-refractivity contribution in [3.8, 4) is 11.8 Å². The zero-order valence-corrected chi connectivity index (χ0v) is 16.0. The highest BCUT2D eigenvalue weighted by Crippen LogP contribution is 2.30. The van der Waals surface area contributed by atoms with Gasteiger partial charge in [-0.3, -0.25) is 4.79 Å². The van der Waals surface area contributed by atoms with Crippen molar-refractivity contribution >= 4 is 11.6 Å². The Morgan fingerprint density at radius 1 is 1.07 bits per heavy atom. The predicted molar refractivity (Wildman–Crippen MR) is 107 cm³/mol. The lowest BCUT2D eigenvalue weighted by Gasteiger charge is -2.29. The molecule has 0 radical (unpaired) electrons. The summed E-state index contributed by atoms with van der Waals surface area (Å²) < 4.78 is 6.16. The minimum atomic E-state index is 0.0402. The van der Waals surface area contributed by atoms with Gasteiger partial charge < -0.3 is 10.1 Å². The topological polar surface area (TPSA) is 62.1 Å². The van der Waals surface area contributed by atoms with E-state index in [0.717, 1.165) is 37.1 Å². The second-order valence-corrected chi connectivity index (χ2v) is 7.53. The molecule has 4 heteroatoms. The lowest BCUT2D eigenvalue weighted by molar-refractivity contribution is -0.117. The highest BCUT2D eigenvalue weighted by atomic mass is 16.5. The molecular formula is C23H26N2O2. The molecule has 1 saturated carbocycles. The minimum Gasteiger partial charge on any atom is -0.490 e. The monoisotopic (exact) mass is 362 g/mol. The van der Waals surface area contributed by atoms with Gasteiger partial charge in [-0.25, -0.2) is 0 Å². The number of nitriles is 1. The van der Waals surface area contributed by atoms with Crippen LogP contribution in [0, 0.1) is 31.1 Å². The van der Waals surface area contributed by atoms with E-state index in [1.54, 1.807) is 24.3 Å². The van der Waals surface area contributed by atoms with Gasteiger partial charge in [0.15, 0.2) is 0 Å². The summed E-state index contributed by atoms with van der Waals surface area (Å²) in [5.74, 6) is 1.40. The molecular weight excluding hydrogens is 336 g/mol. The van der Waals surface area contributed by atoms with Crippen LogP contribution in [0.3, 0.4) is 0 Å². The molecule has 4 nitrogen and oxygen atoms in total. The average molecular weight is 362 g/mol. The second-order valence-electron chi connectivity index (χ2n) is 7.53. The van der Waals surface area contributed by atoms with Gasteiger partial charge in [-0.05, 0) is 93.0 Å². The molecule has 3 rings (SSSR count). The van der Waals surface area contributed by atoms with Gasteiger partial charge in [-0.1, -0.05) is 6.07 Å². The van der Waals surface area contributed by atoms with Crippen LogP contribution >= 0.6 is 0 Å². The van der Waals surface area contributed by atoms with Gasteiger partial charge in [0.25, 0.3) is 0 Å². The fourth-order valence-electron chi connectivity index (χ4n) is 3.75. The molecule has 0 bridgehead atoms. The maximum absolute atomic E-state index is 12.3. The van der Waals surface area contributed by atoms with E-state index in [-0.39, 0.29) is 12.0 Å². The van der Waals surface area contributed by atoms with Crippen LogP contribution in [0.5, 0.6) is 5.75 Å². The molecule has 0 spiro atoms. The van der Waals surface area contributed by atoms with E-state index in [1.165, 1.54) is 11.1 Å². The molecule has 140 valence electrons. The lowest BCUT2D eigenvalue weighted by atomic mass is 9.85. The van der Waals surface area contributed by atoms with Gasteiger partial charge in [-0.2, -0.15) is 5.26 Å². The van der Waals surface area contributed by atoms with Crippen LogP contribution < -0.4 is 10.1 Å². The molecule has 0 aliphatic heterocycles. The van der Waals surface area contributed by atoms with Crippen LogP contribution in [-0.4, -0.2) is 12.0 Å². The Kier molecular flexibility index (Phi) is 6.13. The molecule has 2 aromatic carbocycles. The normalized spacial score (nSPS) is 19.1. The molecule has 27 heavy (non-hydrogen) atoms. The summed E-state index contributed by atoms with van der Waals surface area (Å²) in [6.45, 7) is 4.17. The molecule has 1 N–H and O–H groups in total. The molecule has 1 aliphatic rings. The van der Waals surface area contributed by atoms with E-state index in [4.69, 9.17) is 10.00 Å². The van der Waals surface area contributed by atoms with E-state index < -0.39 is 0 Å². The quantitative estimate of drug-likeness (QED) is 0.801. The first-order chi connectivity index (χ1) is 13.0. The Morgan fingerprint density at radius 2 is 1.70 bits per heavy atom. The summed E-state index contributed by atoms with van der Waals surface area (Å²) in [7, 11) is 0. The van der Waals surface area contributed by atoms with E-state index in [2.05, 4.69) is 43.4 Å². The number of carbonyl (C=O) groups is 1. The van der Waals surface area contributed by atoms with Crippen LogP contribution in [0.15, 0.2) is 42.5 Å². The smallest absolute Gasteiger partial charge is 0.224 e. The number of rotatable bonds is 5. The summed E-state index contributed by atoms with van der Waals surface area (Å²) in [5, 5.41) is 11.7. The van der Waals surface area contributed by atoms with E-state index in [0.29, 0.717) is 17.9 Å². The van der Waals surface area contributed by atoms with Crippen molar-refractivity contribution in [3.63, 3.8) is 0 Å². The molecule has 0 atom stereocenters. The maximum atomic E-state index is 12.3. The van der Waals surface area contributed by atoms with Gasteiger partial charge in [0.1, 0.15) is 5.75 Å². The molecule has 1 aliphatic carbocycles. The number of hydrogen-bond acceptors (Lipinski definition) is 3. The van der Waals surface area contributed by atoms with Crippen molar-refractivity contribution in [1.82, 2.24) is 0 Å². The third-order valence-corrected chi connectivity index (χ3v) is 5.06. The van der Waals surface area contributed by atoms with Gasteiger partial charge in [0, 0.05) is 12.1 Å². The number of hydrogen-bond donors (Lipinski definition) is 1. The van der Waals surface area contributed by atoms with Gasteiger partial charge >= 0.3 is 0 Å². The number of ether oxygens (including phenoxy) is 1. The first kappa shape index (κ1) is 19.0. The number of carbonyl (C=O) groups excluding carboxylic acids is 1. The molecule has 0 aromatic heterocycles. The van der Waals surface area contributed by atoms with Gasteiger partial charge in [-0.15, -0.1) is 0 Å². The maximum Gasteiger partial charge on any atom is 0.224 e. The molecule has 2 aromatic rings. The van der Waals surface area contributed by atoms with Crippen molar-refractivity contribution < 1.29 is 9.53 Å². The number of amides is 1. The largest absolute Gasteiger partial charge is 0.490 e. The lowest BCUT2D eigenvalue weighted by Crippen LogP contribution is -2.26. The average Bonchev–Trinajstić information content (AvgIpc) is 2.63. The summed E-state index contributed by atoms with van der Waals surface area (Å²) in [5.41, 5.74) is 3.78. The molecule has 0 heterocycles. The van der Waals surface area contributed by atoms with Crippen molar-refractivity contribution in [1.29, 1.82) is 5.26 Å². The zero-order valence-electron chi connectivity index (χ0n) is 16.0. The van der Waals surface area contributed by atoms with E-state index in [1.807, 2.05) is 0 Å². The summed E-state index contributed by atoms with van der Waals surface area (Å²) in [6.07, 6.45) is 4.77. The Hall–Kier alpha value is -2.80. The summed E-state index contributed by atoms with van der Waals surface area (Å²) in [6, 6.07) is 15.4. The van der Waals surface area contributed by atoms with E-state index >= 15 is 0 Å². The molecule has 0 saturated heterocycles. The Labute approximate surface area is 161 Å². The summed E-state index contributed by atoms with van der Waals surface area (Å²) >= 11 is 0. The first-order valence-electron chi connectivity index (χ1n) is 9.57. The summed E-state index contributed by atoms with van der Waals surface area (Å²) in [4.78, 5) is 12.3. The Morgan fingerprint density at radius 3 is 2.30 bits per heavy atom. The van der Waals surface area contributed by atoms with Crippen LogP contribution in [0.1, 0.15) is 48.8 Å². The van der Waals surface area contributed by atoms with Gasteiger partial charge in [0.05, 0.1) is 17.7 Å². The second kappa shape index (κ2) is 8.73. The Bertz CT molecular complexity index is 808. The SMILES string of the molecule is Cc1cc(C)cc(O[C@H]2CC[C@@H](CC(=O)Nc3ccc(C#N)cc3)CC2)c1. The molecule has 1 amide bonds. The van der Waals surface area contributed by atoms with Gasteiger partial charge in [0.2, 0.25) is 5.91 Å². The van der Waals surface area contributed by atoms with Crippen LogP contribution in [0.2, 0.25) is 0 Å². The zero-order chi connectivity index (χ0) is 19.2. The van der Waals surface area contributed by atoms with E-state index in [9.17, 15) is 4.79 Å². The van der Waals surface area contributed by atoms with Crippen LogP contribution in [-0.2, 0) is 4.79 Å². The third-order valence-electron chi connectivity index (χ3n) is 5.06. The molecule has 0 unspecified atom stereocenters. The highest BCUT2D eigenvalue weighted by Gasteiger charge is 2.24. The number of anilines is 1.